The highest BCUT2D eigenvalue weighted by molar-refractivity contribution is 5.90. The quantitative estimate of drug-likeness (QED) is 0.673. The molecule has 2 aromatic carbocycles. The zero-order valence-electron chi connectivity index (χ0n) is 12.2. The van der Waals surface area contributed by atoms with Crippen molar-refractivity contribution < 1.29 is 9.53 Å². The summed E-state index contributed by atoms with van der Waals surface area (Å²) in [4.78, 5) is 11.6. The first-order valence-corrected chi connectivity index (χ1v) is 6.87. The van der Waals surface area contributed by atoms with E-state index < -0.39 is 0 Å². The van der Waals surface area contributed by atoms with Crippen LogP contribution >= 0.6 is 0 Å². The molecule has 2 aromatic rings. The molecule has 3 nitrogen and oxygen atoms in total. The van der Waals surface area contributed by atoms with Gasteiger partial charge < -0.3 is 10.1 Å². The average Bonchev–Trinajstić information content (AvgIpc) is 2.55. The number of hydrogen-bond donors (Lipinski definition) is 1. The fourth-order valence-electron chi connectivity index (χ4n) is 2.06. The van der Waals surface area contributed by atoms with E-state index in [2.05, 4.69) is 24.4 Å². The Labute approximate surface area is 125 Å². The zero-order chi connectivity index (χ0) is 15.1. The van der Waals surface area contributed by atoms with Crippen LogP contribution in [0.5, 0.6) is 0 Å². The van der Waals surface area contributed by atoms with Crippen LogP contribution in [0.25, 0.3) is 5.70 Å². The van der Waals surface area contributed by atoms with Gasteiger partial charge in [0.25, 0.3) is 0 Å². The molecule has 2 rings (SSSR count). The van der Waals surface area contributed by atoms with E-state index >= 15 is 0 Å². The number of benzene rings is 2. The van der Waals surface area contributed by atoms with Gasteiger partial charge in [0.2, 0.25) is 0 Å². The summed E-state index contributed by atoms with van der Waals surface area (Å²) in [5, 5.41) is 3.38. The van der Waals surface area contributed by atoms with Gasteiger partial charge >= 0.3 is 5.97 Å². The minimum Gasteiger partial charge on any atom is -0.466 e. The Morgan fingerprint density at radius 2 is 1.62 bits per heavy atom. The molecule has 1 N–H and O–H groups in total. The zero-order valence-corrected chi connectivity index (χ0v) is 12.2. The number of methoxy groups -OCH3 is 1. The lowest BCUT2D eigenvalue weighted by atomic mass is 10.1. The van der Waals surface area contributed by atoms with Crippen LogP contribution in [0.2, 0.25) is 0 Å². The minimum atomic E-state index is -0.374. The maximum Gasteiger partial charge on any atom is 0.332 e. The average molecular weight is 281 g/mol. The van der Waals surface area contributed by atoms with Gasteiger partial charge in [-0.15, -0.1) is 0 Å². The maximum absolute atomic E-state index is 11.6. The third kappa shape index (κ3) is 4.21. The lowest BCUT2D eigenvalue weighted by Gasteiger charge is -2.18. The molecule has 108 valence electrons. The van der Waals surface area contributed by atoms with Crippen molar-refractivity contribution in [2.75, 3.05) is 7.11 Å². The number of carbonyl (C=O) groups excluding carboxylic acids is 1. The van der Waals surface area contributed by atoms with Crippen LogP contribution in [0, 0.1) is 0 Å². The van der Waals surface area contributed by atoms with E-state index in [1.807, 2.05) is 48.5 Å². The van der Waals surface area contributed by atoms with Crippen LogP contribution in [0.1, 0.15) is 24.1 Å². The molecular formula is C18H19NO2. The predicted molar refractivity (Wildman–Crippen MR) is 84.4 cm³/mol. The second kappa shape index (κ2) is 7.29. The second-order valence-corrected chi connectivity index (χ2v) is 4.72. The van der Waals surface area contributed by atoms with E-state index in [9.17, 15) is 4.79 Å². The molecule has 0 aliphatic carbocycles. The van der Waals surface area contributed by atoms with E-state index in [4.69, 9.17) is 4.74 Å². The van der Waals surface area contributed by atoms with Crippen molar-refractivity contribution in [2.45, 2.75) is 13.0 Å². The third-order valence-corrected chi connectivity index (χ3v) is 3.22. The minimum absolute atomic E-state index is 0.0855. The van der Waals surface area contributed by atoms with Gasteiger partial charge in [0.05, 0.1) is 7.11 Å². The lowest BCUT2D eigenvalue weighted by molar-refractivity contribution is -0.134. The van der Waals surface area contributed by atoms with Crippen LogP contribution in [0.4, 0.5) is 0 Å². The van der Waals surface area contributed by atoms with Crippen LogP contribution in [0.15, 0.2) is 66.7 Å². The summed E-state index contributed by atoms with van der Waals surface area (Å²) in [6.07, 6.45) is 1.48. The van der Waals surface area contributed by atoms with E-state index in [1.165, 1.54) is 13.2 Å². The monoisotopic (exact) mass is 281 g/mol. The number of carbonyl (C=O) groups is 1. The molecule has 0 aliphatic heterocycles. The second-order valence-electron chi connectivity index (χ2n) is 4.72. The van der Waals surface area contributed by atoms with Crippen LogP contribution < -0.4 is 5.32 Å². The van der Waals surface area contributed by atoms with Gasteiger partial charge in [-0.1, -0.05) is 60.7 Å². The van der Waals surface area contributed by atoms with Crippen LogP contribution in [-0.2, 0) is 9.53 Å². The van der Waals surface area contributed by atoms with Gasteiger partial charge in [0.15, 0.2) is 0 Å². The Hall–Kier alpha value is -2.55. The van der Waals surface area contributed by atoms with E-state index in [0.717, 1.165) is 16.8 Å². The highest BCUT2D eigenvalue weighted by Crippen LogP contribution is 2.18. The molecule has 0 heterocycles. The topological polar surface area (TPSA) is 38.3 Å². The molecule has 0 saturated heterocycles. The third-order valence-electron chi connectivity index (χ3n) is 3.22. The van der Waals surface area contributed by atoms with Gasteiger partial charge in [-0.2, -0.15) is 0 Å². The number of rotatable bonds is 5. The van der Waals surface area contributed by atoms with E-state index in [1.54, 1.807) is 0 Å². The van der Waals surface area contributed by atoms with Crippen molar-refractivity contribution in [1.82, 2.24) is 5.32 Å². The maximum atomic E-state index is 11.6. The normalized spacial score (nSPS) is 12.6. The van der Waals surface area contributed by atoms with Crippen LogP contribution in [0.3, 0.4) is 0 Å². The molecule has 0 fully saturated rings. The smallest absolute Gasteiger partial charge is 0.332 e. The first-order valence-electron chi connectivity index (χ1n) is 6.87. The molecule has 21 heavy (non-hydrogen) atoms. The Balaban J connectivity index is 2.25. The van der Waals surface area contributed by atoms with Crippen molar-refractivity contribution >= 4 is 11.7 Å². The summed E-state index contributed by atoms with van der Waals surface area (Å²) in [6.45, 7) is 2.06. The molecule has 0 aliphatic rings. The van der Waals surface area contributed by atoms with Gasteiger partial charge in [0.1, 0.15) is 0 Å². The largest absolute Gasteiger partial charge is 0.466 e. The van der Waals surface area contributed by atoms with Crippen molar-refractivity contribution in [2.24, 2.45) is 0 Å². The molecule has 0 aromatic heterocycles. The predicted octanol–water partition coefficient (Wildman–Crippen LogP) is 3.55. The van der Waals surface area contributed by atoms with Crippen molar-refractivity contribution in [3.05, 3.63) is 77.9 Å². The summed E-state index contributed by atoms with van der Waals surface area (Å²) in [5.41, 5.74) is 2.86. The number of hydrogen-bond acceptors (Lipinski definition) is 3. The molecule has 0 amide bonds. The summed E-state index contributed by atoms with van der Waals surface area (Å²) in [7, 11) is 1.38. The molecule has 0 unspecified atom stereocenters. The Bertz CT molecular complexity index is 606. The standard InChI is InChI=1S/C18H19NO2/c1-14(15-9-5-3-6-10-15)19-17(13-18(20)21-2)16-11-7-4-8-12-16/h3-14,19H,1-2H3/b17-13-/t14-/m1/s1. The van der Waals surface area contributed by atoms with Gasteiger partial charge in [-0.05, 0) is 18.1 Å². The molecule has 0 spiro atoms. The number of ether oxygens (including phenoxy) is 1. The summed E-state index contributed by atoms with van der Waals surface area (Å²) in [6, 6.07) is 19.9. The first kappa shape index (κ1) is 14.9. The Kier molecular flexibility index (Phi) is 5.16. The molecule has 0 saturated carbocycles. The highest BCUT2D eigenvalue weighted by atomic mass is 16.5. The fraction of sp³-hybridized carbons (Fsp3) is 0.167. The van der Waals surface area contributed by atoms with Crippen molar-refractivity contribution in [3.8, 4) is 0 Å². The number of esters is 1. The van der Waals surface area contributed by atoms with Gasteiger partial charge in [-0.3, -0.25) is 0 Å². The molecule has 0 bridgehead atoms. The van der Waals surface area contributed by atoms with Gasteiger partial charge in [-0.25, -0.2) is 4.79 Å². The fourth-order valence-corrected chi connectivity index (χ4v) is 2.06. The molecule has 3 heteroatoms. The molecule has 1 atom stereocenters. The molecular weight excluding hydrogens is 262 g/mol. The summed E-state index contributed by atoms with van der Waals surface area (Å²) in [5.74, 6) is -0.374. The summed E-state index contributed by atoms with van der Waals surface area (Å²) < 4.78 is 4.73. The Morgan fingerprint density at radius 3 is 2.19 bits per heavy atom. The van der Waals surface area contributed by atoms with E-state index in [-0.39, 0.29) is 12.0 Å². The van der Waals surface area contributed by atoms with Gasteiger partial charge in [0, 0.05) is 17.8 Å². The van der Waals surface area contributed by atoms with Crippen LogP contribution in [-0.4, -0.2) is 13.1 Å². The highest BCUT2D eigenvalue weighted by Gasteiger charge is 2.10. The lowest BCUT2D eigenvalue weighted by Crippen LogP contribution is -2.18. The first-order chi connectivity index (χ1) is 10.2. The van der Waals surface area contributed by atoms with E-state index in [0.29, 0.717) is 0 Å². The SMILES string of the molecule is COC(=O)/C=C(\N[C@H](C)c1ccccc1)c1ccccc1. The van der Waals surface area contributed by atoms with Crippen molar-refractivity contribution in [3.63, 3.8) is 0 Å². The number of nitrogens with one attached hydrogen (secondary N) is 1. The van der Waals surface area contributed by atoms with Crippen molar-refractivity contribution in [1.29, 1.82) is 0 Å². The molecule has 0 radical (unpaired) electrons. The summed E-state index contributed by atoms with van der Waals surface area (Å²) >= 11 is 0. The Morgan fingerprint density at radius 1 is 1.05 bits per heavy atom.